The third kappa shape index (κ3) is 2.09. The lowest BCUT2D eigenvalue weighted by Crippen LogP contribution is -2.21. The van der Waals surface area contributed by atoms with E-state index in [1.54, 1.807) is 5.41 Å². The van der Waals surface area contributed by atoms with Crippen molar-refractivity contribution < 1.29 is 4.21 Å². The Labute approximate surface area is 69.5 Å². The molecule has 2 atom stereocenters. The fraction of sp³-hybridized carbons (Fsp3) is 0.667. The van der Waals surface area contributed by atoms with E-state index < -0.39 is 9.52 Å². The van der Waals surface area contributed by atoms with Crippen molar-refractivity contribution in [2.24, 2.45) is 11.3 Å². The fourth-order valence-corrected chi connectivity index (χ4v) is 3.00. The molecule has 1 heterocycles. The molecule has 0 aromatic rings. The van der Waals surface area contributed by atoms with E-state index in [1.165, 1.54) is 0 Å². The number of rotatable bonds is 0. The zero-order valence-corrected chi connectivity index (χ0v) is 8.28. The van der Waals surface area contributed by atoms with E-state index in [2.05, 4.69) is 32.7 Å². The van der Waals surface area contributed by atoms with Crippen molar-refractivity contribution in [3.05, 3.63) is 11.5 Å². The van der Waals surface area contributed by atoms with Crippen molar-refractivity contribution in [3.63, 3.8) is 0 Å². The normalized spacial score (nSPS) is 37.9. The Morgan fingerprint density at radius 3 is 2.27 bits per heavy atom. The Balaban J connectivity index is 2.81. The Hall–Kier alpha value is -0.240. The van der Waals surface area contributed by atoms with E-state index in [0.717, 1.165) is 5.75 Å². The van der Waals surface area contributed by atoms with Crippen LogP contribution in [0.5, 0.6) is 0 Å². The van der Waals surface area contributed by atoms with E-state index in [-0.39, 0.29) is 5.41 Å². The molecular weight excluding hydrogens is 156 g/mol. The van der Waals surface area contributed by atoms with Gasteiger partial charge < -0.3 is 0 Å². The fourth-order valence-electron chi connectivity index (χ4n) is 1.19. The monoisotopic (exact) mass is 172 g/mol. The van der Waals surface area contributed by atoms with Crippen molar-refractivity contribution in [1.29, 1.82) is 0 Å². The summed E-state index contributed by atoms with van der Waals surface area (Å²) in [6.07, 6.45) is 2.05. The Bertz CT molecular complexity index is 264. The summed E-state index contributed by atoms with van der Waals surface area (Å²) in [5.41, 5.74) is 0.230. The maximum absolute atomic E-state index is 11.4. The SMILES string of the molecule is C=S1(=O)C=CC(C(C)(C)C)C1. The molecule has 0 aliphatic carbocycles. The van der Waals surface area contributed by atoms with E-state index >= 15 is 0 Å². The number of hydrogen-bond donors (Lipinski definition) is 0. The van der Waals surface area contributed by atoms with E-state index in [1.807, 2.05) is 0 Å². The Kier molecular flexibility index (Phi) is 1.91. The second-order valence-corrected chi connectivity index (χ2v) is 6.68. The summed E-state index contributed by atoms with van der Waals surface area (Å²) in [6, 6.07) is 0. The second-order valence-electron chi connectivity index (χ2n) is 4.34. The highest BCUT2D eigenvalue weighted by atomic mass is 32.2. The second kappa shape index (κ2) is 2.37. The minimum atomic E-state index is -1.86. The van der Waals surface area contributed by atoms with Gasteiger partial charge in [-0.15, -0.1) is 0 Å². The van der Waals surface area contributed by atoms with Crippen molar-refractivity contribution in [3.8, 4) is 0 Å². The topological polar surface area (TPSA) is 17.1 Å². The highest BCUT2D eigenvalue weighted by Gasteiger charge is 2.28. The molecule has 1 rings (SSSR count). The van der Waals surface area contributed by atoms with Crippen molar-refractivity contribution in [1.82, 2.24) is 0 Å². The van der Waals surface area contributed by atoms with Crippen LogP contribution >= 0.6 is 0 Å². The van der Waals surface area contributed by atoms with E-state index in [9.17, 15) is 4.21 Å². The average molecular weight is 172 g/mol. The summed E-state index contributed by atoms with van der Waals surface area (Å²) < 4.78 is 11.4. The molecule has 0 N–H and O–H groups in total. The maximum Gasteiger partial charge on any atom is 0.0264 e. The third-order valence-electron chi connectivity index (χ3n) is 2.13. The Morgan fingerprint density at radius 1 is 1.55 bits per heavy atom. The first-order valence-electron chi connectivity index (χ1n) is 3.84. The first-order valence-corrected chi connectivity index (χ1v) is 5.80. The molecule has 1 aliphatic rings. The molecule has 0 bridgehead atoms. The summed E-state index contributed by atoms with van der Waals surface area (Å²) in [6.45, 7) is 6.51. The van der Waals surface area contributed by atoms with Gasteiger partial charge in [0.25, 0.3) is 0 Å². The van der Waals surface area contributed by atoms with Gasteiger partial charge in [0.2, 0.25) is 0 Å². The lowest BCUT2D eigenvalue weighted by Gasteiger charge is -2.24. The van der Waals surface area contributed by atoms with Gasteiger partial charge in [0.1, 0.15) is 0 Å². The molecule has 2 heteroatoms. The number of hydrogen-bond acceptors (Lipinski definition) is 1. The first kappa shape index (κ1) is 8.85. The van der Waals surface area contributed by atoms with Crippen LogP contribution in [-0.4, -0.2) is 15.8 Å². The zero-order chi connectivity index (χ0) is 8.70. The predicted octanol–water partition coefficient (Wildman–Crippen LogP) is 1.89. The van der Waals surface area contributed by atoms with Crippen LogP contribution in [0.3, 0.4) is 0 Å². The van der Waals surface area contributed by atoms with Crippen LogP contribution in [0.15, 0.2) is 11.5 Å². The molecule has 1 nitrogen and oxygen atoms in total. The van der Waals surface area contributed by atoms with Gasteiger partial charge >= 0.3 is 0 Å². The largest absolute Gasteiger partial charge is 0.264 e. The average Bonchev–Trinajstić information content (AvgIpc) is 2.07. The van der Waals surface area contributed by atoms with Crippen LogP contribution in [0.25, 0.3) is 0 Å². The van der Waals surface area contributed by atoms with E-state index in [4.69, 9.17) is 0 Å². The van der Waals surface area contributed by atoms with Crippen LogP contribution in [-0.2, 0) is 9.52 Å². The zero-order valence-electron chi connectivity index (χ0n) is 7.46. The molecule has 1 aliphatic heterocycles. The molecule has 0 radical (unpaired) electrons. The number of allylic oxidation sites excluding steroid dienone is 1. The van der Waals surface area contributed by atoms with Gasteiger partial charge in [-0.1, -0.05) is 26.8 Å². The lowest BCUT2D eigenvalue weighted by molar-refractivity contribution is 0.321. The summed E-state index contributed by atoms with van der Waals surface area (Å²) >= 11 is 0. The first-order chi connectivity index (χ1) is 4.81. The molecule has 2 unspecified atom stereocenters. The molecule has 0 spiro atoms. The van der Waals surface area contributed by atoms with Gasteiger partial charge in [-0.05, 0) is 32.1 Å². The molecule has 0 aromatic carbocycles. The predicted molar refractivity (Wildman–Crippen MR) is 52.2 cm³/mol. The summed E-state index contributed by atoms with van der Waals surface area (Å²) in [7, 11) is -1.86. The molecule has 0 aromatic heterocycles. The minimum absolute atomic E-state index is 0.230. The van der Waals surface area contributed by atoms with Gasteiger partial charge in [-0.25, -0.2) is 0 Å². The van der Waals surface area contributed by atoms with Crippen molar-refractivity contribution in [2.75, 3.05) is 5.75 Å². The van der Waals surface area contributed by atoms with Crippen LogP contribution in [0.4, 0.5) is 0 Å². The molecule has 0 saturated carbocycles. The highest BCUT2D eigenvalue weighted by Crippen LogP contribution is 2.32. The van der Waals surface area contributed by atoms with Crippen LogP contribution in [0.2, 0.25) is 0 Å². The van der Waals surface area contributed by atoms with Gasteiger partial charge in [-0.2, -0.15) is 0 Å². The van der Waals surface area contributed by atoms with Crippen molar-refractivity contribution >= 4 is 15.4 Å². The lowest BCUT2D eigenvalue weighted by atomic mass is 9.82. The summed E-state index contributed by atoms with van der Waals surface area (Å²) in [5, 5.41) is 1.78. The molecule has 11 heavy (non-hydrogen) atoms. The van der Waals surface area contributed by atoms with Gasteiger partial charge in [0.05, 0.1) is 0 Å². The van der Waals surface area contributed by atoms with Gasteiger partial charge in [-0.3, -0.25) is 4.21 Å². The Morgan fingerprint density at radius 2 is 2.09 bits per heavy atom. The highest BCUT2D eigenvalue weighted by molar-refractivity contribution is 8.03. The molecular formula is C9H16OS. The van der Waals surface area contributed by atoms with Gasteiger partial charge in [0.15, 0.2) is 0 Å². The molecule has 0 saturated heterocycles. The summed E-state index contributed by atoms with van der Waals surface area (Å²) in [4.78, 5) is 0. The minimum Gasteiger partial charge on any atom is -0.264 e. The van der Waals surface area contributed by atoms with Crippen LogP contribution in [0.1, 0.15) is 20.8 Å². The molecule has 0 fully saturated rings. The van der Waals surface area contributed by atoms with Crippen LogP contribution in [0, 0.1) is 11.3 Å². The van der Waals surface area contributed by atoms with Crippen molar-refractivity contribution in [2.45, 2.75) is 20.8 Å². The maximum atomic E-state index is 11.4. The molecule has 0 amide bonds. The van der Waals surface area contributed by atoms with E-state index in [0.29, 0.717) is 5.92 Å². The third-order valence-corrected chi connectivity index (χ3v) is 3.71. The van der Waals surface area contributed by atoms with Crippen LogP contribution < -0.4 is 0 Å². The van der Waals surface area contributed by atoms with Gasteiger partial charge in [0, 0.05) is 5.75 Å². The molecule has 64 valence electrons. The smallest absolute Gasteiger partial charge is 0.0264 e. The standard InChI is InChI=1S/C9H16OS/c1-9(2,3)8-5-6-11(4,10)7-8/h5-6,8H,4,7H2,1-3H3. The quantitative estimate of drug-likeness (QED) is 0.510. The summed E-state index contributed by atoms with van der Waals surface area (Å²) in [5.74, 6) is 4.84.